The van der Waals surface area contributed by atoms with Gasteiger partial charge >= 0.3 is 0 Å². The molecule has 0 unspecified atom stereocenters. The number of ether oxygens (including phenoxy) is 1. The number of hydrogen-bond donors (Lipinski definition) is 0. The van der Waals surface area contributed by atoms with Crippen molar-refractivity contribution in [3.63, 3.8) is 0 Å². The molecule has 0 fully saturated rings. The summed E-state index contributed by atoms with van der Waals surface area (Å²) >= 11 is 0. The van der Waals surface area contributed by atoms with Gasteiger partial charge in [0.05, 0.1) is 6.61 Å². The van der Waals surface area contributed by atoms with E-state index in [1.54, 1.807) is 0 Å². The van der Waals surface area contributed by atoms with Gasteiger partial charge in [0.2, 0.25) is 0 Å². The van der Waals surface area contributed by atoms with Crippen LogP contribution in [0.3, 0.4) is 0 Å². The average molecular weight is 182 g/mol. The Morgan fingerprint density at radius 2 is 2.08 bits per heavy atom. The van der Waals surface area contributed by atoms with Crippen LogP contribution in [0.5, 0.6) is 0 Å². The molecule has 0 rings (SSSR count). The Labute approximate surface area is 82.5 Å². The van der Waals surface area contributed by atoms with Gasteiger partial charge in [-0.25, -0.2) is 0 Å². The Hall–Kier alpha value is -0.560. The molecule has 0 saturated carbocycles. The fourth-order valence-electron chi connectivity index (χ4n) is 1.06. The molecule has 0 N–H and O–H groups in total. The zero-order valence-electron chi connectivity index (χ0n) is 9.34. The molecule has 76 valence electrons. The fraction of sp³-hybridized carbons (Fsp3) is 0.667. The summed E-state index contributed by atoms with van der Waals surface area (Å²) in [6, 6.07) is 0. The highest BCUT2D eigenvalue weighted by Gasteiger charge is 1.95. The Balaban J connectivity index is 3.77. The largest absolute Gasteiger partial charge is 0.377 e. The SMILES string of the molecule is C/C=C\C(=C/CC)COCC(C)C. The fourth-order valence-corrected chi connectivity index (χ4v) is 1.06. The van der Waals surface area contributed by atoms with Gasteiger partial charge in [-0.1, -0.05) is 39.0 Å². The van der Waals surface area contributed by atoms with Crippen LogP contribution in [0.4, 0.5) is 0 Å². The van der Waals surface area contributed by atoms with Crippen molar-refractivity contribution >= 4 is 0 Å². The lowest BCUT2D eigenvalue weighted by Gasteiger charge is -2.07. The van der Waals surface area contributed by atoms with Gasteiger partial charge in [0.15, 0.2) is 0 Å². The van der Waals surface area contributed by atoms with Crippen molar-refractivity contribution in [3.05, 3.63) is 23.8 Å². The van der Waals surface area contributed by atoms with Gasteiger partial charge in [0.25, 0.3) is 0 Å². The highest BCUT2D eigenvalue weighted by Crippen LogP contribution is 2.02. The van der Waals surface area contributed by atoms with Crippen molar-refractivity contribution in [2.75, 3.05) is 13.2 Å². The van der Waals surface area contributed by atoms with Crippen LogP contribution < -0.4 is 0 Å². The molecule has 0 aliphatic heterocycles. The summed E-state index contributed by atoms with van der Waals surface area (Å²) in [5, 5.41) is 0. The van der Waals surface area contributed by atoms with Crippen molar-refractivity contribution in [2.45, 2.75) is 34.1 Å². The van der Waals surface area contributed by atoms with Crippen molar-refractivity contribution in [2.24, 2.45) is 5.92 Å². The summed E-state index contributed by atoms with van der Waals surface area (Å²) < 4.78 is 5.54. The molecule has 0 amide bonds. The van der Waals surface area contributed by atoms with Crippen LogP contribution in [-0.2, 0) is 4.74 Å². The minimum atomic E-state index is 0.619. The molecule has 0 heterocycles. The van der Waals surface area contributed by atoms with E-state index in [-0.39, 0.29) is 0 Å². The van der Waals surface area contributed by atoms with E-state index in [1.165, 1.54) is 5.57 Å². The molecule has 0 atom stereocenters. The van der Waals surface area contributed by atoms with Gasteiger partial charge in [0, 0.05) is 6.61 Å². The van der Waals surface area contributed by atoms with Crippen molar-refractivity contribution in [3.8, 4) is 0 Å². The summed E-state index contributed by atoms with van der Waals surface area (Å²) in [5.41, 5.74) is 1.28. The third kappa shape index (κ3) is 7.79. The molecular formula is C12H22O. The standard InChI is InChI=1S/C12H22O/c1-5-7-12(8-6-2)10-13-9-11(3)4/h5,7-8,11H,6,9-10H2,1-4H3/b7-5-,12-8+. The van der Waals surface area contributed by atoms with E-state index < -0.39 is 0 Å². The molecule has 0 aliphatic carbocycles. The van der Waals surface area contributed by atoms with E-state index in [0.29, 0.717) is 5.92 Å². The van der Waals surface area contributed by atoms with Gasteiger partial charge in [-0.15, -0.1) is 0 Å². The van der Waals surface area contributed by atoms with Crippen LogP contribution >= 0.6 is 0 Å². The summed E-state index contributed by atoms with van der Waals surface area (Å²) in [7, 11) is 0. The van der Waals surface area contributed by atoms with Crippen LogP contribution in [0.25, 0.3) is 0 Å². The highest BCUT2D eigenvalue weighted by molar-refractivity contribution is 5.18. The second kappa shape index (κ2) is 8.06. The van der Waals surface area contributed by atoms with Gasteiger partial charge in [-0.2, -0.15) is 0 Å². The van der Waals surface area contributed by atoms with Crippen molar-refractivity contribution in [1.29, 1.82) is 0 Å². The lowest BCUT2D eigenvalue weighted by atomic mass is 10.2. The third-order valence-electron chi connectivity index (χ3n) is 1.57. The Morgan fingerprint density at radius 3 is 2.54 bits per heavy atom. The van der Waals surface area contributed by atoms with Gasteiger partial charge in [0.1, 0.15) is 0 Å². The van der Waals surface area contributed by atoms with Crippen molar-refractivity contribution in [1.82, 2.24) is 0 Å². The monoisotopic (exact) mass is 182 g/mol. The first-order chi connectivity index (χ1) is 6.20. The first-order valence-electron chi connectivity index (χ1n) is 5.10. The van der Waals surface area contributed by atoms with E-state index in [0.717, 1.165) is 19.6 Å². The number of rotatable bonds is 6. The third-order valence-corrected chi connectivity index (χ3v) is 1.57. The van der Waals surface area contributed by atoms with Gasteiger partial charge in [-0.3, -0.25) is 0 Å². The van der Waals surface area contributed by atoms with Crippen LogP contribution in [0, 0.1) is 5.92 Å². The average Bonchev–Trinajstić information content (AvgIpc) is 2.04. The molecule has 0 aromatic heterocycles. The zero-order valence-corrected chi connectivity index (χ0v) is 9.34. The Morgan fingerprint density at radius 1 is 1.38 bits per heavy atom. The highest BCUT2D eigenvalue weighted by atomic mass is 16.5. The summed E-state index contributed by atoms with van der Waals surface area (Å²) in [6.07, 6.45) is 7.45. The lowest BCUT2D eigenvalue weighted by molar-refractivity contribution is 0.131. The summed E-state index contributed by atoms with van der Waals surface area (Å²) in [5.74, 6) is 0.619. The minimum absolute atomic E-state index is 0.619. The minimum Gasteiger partial charge on any atom is -0.377 e. The second-order valence-corrected chi connectivity index (χ2v) is 3.60. The number of hydrogen-bond acceptors (Lipinski definition) is 1. The van der Waals surface area contributed by atoms with Crippen LogP contribution in [0.2, 0.25) is 0 Å². The smallest absolute Gasteiger partial charge is 0.0713 e. The van der Waals surface area contributed by atoms with Crippen LogP contribution in [-0.4, -0.2) is 13.2 Å². The Bertz CT molecular complexity index is 166. The maximum absolute atomic E-state index is 5.54. The Kier molecular flexibility index (Phi) is 7.71. The maximum atomic E-state index is 5.54. The molecule has 0 aromatic carbocycles. The first kappa shape index (κ1) is 12.4. The van der Waals surface area contributed by atoms with Gasteiger partial charge < -0.3 is 4.74 Å². The predicted octanol–water partition coefficient (Wildman–Crippen LogP) is 3.57. The topological polar surface area (TPSA) is 9.23 Å². The molecule has 0 aliphatic rings. The van der Waals surface area contributed by atoms with E-state index in [4.69, 9.17) is 4.74 Å². The van der Waals surface area contributed by atoms with Gasteiger partial charge in [-0.05, 0) is 24.8 Å². The molecular weight excluding hydrogens is 160 g/mol. The molecule has 0 spiro atoms. The quantitative estimate of drug-likeness (QED) is 0.571. The maximum Gasteiger partial charge on any atom is 0.0713 e. The second-order valence-electron chi connectivity index (χ2n) is 3.60. The lowest BCUT2D eigenvalue weighted by Crippen LogP contribution is -2.04. The zero-order chi connectivity index (χ0) is 10.1. The molecule has 0 aromatic rings. The van der Waals surface area contributed by atoms with E-state index in [9.17, 15) is 0 Å². The van der Waals surface area contributed by atoms with E-state index in [2.05, 4.69) is 39.0 Å². The van der Waals surface area contributed by atoms with E-state index in [1.807, 2.05) is 6.92 Å². The first-order valence-corrected chi connectivity index (χ1v) is 5.10. The molecule has 0 bridgehead atoms. The predicted molar refractivity (Wildman–Crippen MR) is 58.8 cm³/mol. The molecule has 0 saturated heterocycles. The summed E-state index contributed by atoms with van der Waals surface area (Å²) in [6.45, 7) is 10.1. The molecule has 1 heteroatoms. The molecule has 1 nitrogen and oxygen atoms in total. The number of allylic oxidation sites excluding steroid dienone is 2. The molecule has 0 radical (unpaired) electrons. The normalized spacial score (nSPS) is 13.2. The molecule has 13 heavy (non-hydrogen) atoms. The van der Waals surface area contributed by atoms with Crippen LogP contribution in [0.1, 0.15) is 34.1 Å². The van der Waals surface area contributed by atoms with Crippen LogP contribution in [0.15, 0.2) is 23.8 Å². The van der Waals surface area contributed by atoms with Crippen molar-refractivity contribution < 1.29 is 4.74 Å². The van der Waals surface area contributed by atoms with E-state index >= 15 is 0 Å². The summed E-state index contributed by atoms with van der Waals surface area (Å²) in [4.78, 5) is 0.